The molecule has 1 aromatic carbocycles. The number of thiazole rings is 1. The van der Waals surface area contributed by atoms with Crippen LogP contribution in [0.25, 0.3) is 10.2 Å². The maximum absolute atomic E-state index is 5.69. The minimum absolute atomic E-state index is 0.596. The third-order valence-electron chi connectivity index (χ3n) is 3.21. The van der Waals surface area contributed by atoms with Gasteiger partial charge in [0.2, 0.25) is 0 Å². The van der Waals surface area contributed by atoms with Crippen LogP contribution >= 0.6 is 11.3 Å². The molecule has 0 fully saturated rings. The molecule has 0 unspecified atom stereocenters. The van der Waals surface area contributed by atoms with Gasteiger partial charge in [-0.3, -0.25) is 0 Å². The molecule has 0 aliphatic carbocycles. The quantitative estimate of drug-likeness (QED) is 0.784. The molecule has 2 heterocycles. The van der Waals surface area contributed by atoms with Gasteiger partial charge in [-0.25, -0.2) is 4.98 Å². The second kappa shape index (κ2) is 4.55. The summed E-state index contributed by atoms with van der Waals surface area (Å²) in [7, 11) is 0. The molecule has 2 N–H and O–H groups in total. The first-order valence-corrected chi connectivity index (χ1v) is 6.78. The normalized spacial score (nSPS) is 11.2. The molecular weight excluding hydrogens is 242 g/mol. The Morgan fingerprint density at radius 2 is 2.11 bits per heavy atom. The molecule has 2 aromatic heterocycles. The van der Waals surface area contributed by atoms with E-state index in [9.17, 15) is 0 Å². The van der Waals surface area contributed by atoms with Gasteiger partial charge in [-0.1, -0.05) is 12.1 Å². The van der Waals surface area contributed by atoms with E-state index in [0.717, 1.165) is 17.1 Å². The Balaban J connectivity index is 1.93. The van der Waals surface area contributed by atoms with Crippen LogP contribution in [0.5, 0.6) is 0 Å². The fraction of sp³-hybridized carbons (Fsp3) is 0.214. The van der Waals surface area contributed by atoms with Crippen LogP contribution in [-0.2, 0) is 13.1 Å². The van der Waals surface area contributed by atoms with Crippen molar-refractivity contribution < 1.29 is 0 Å². The van der Waals surface area contributed by atoms with Crippen molar-refractivity contribution in [3.8, 4) is 0 Å². The predicted octanol–water partition coefficient (Wildman–Crippen LogP) is 2.91. The summed E-state index contributed by atoms with van der Waals surface area (Å²) in [5, 5.41) is 1.14. The second-order valence-electron chi connectivity index (χ2n) is 4.33. The lowest BCUT2D eigenvalue weighted by Gasteiger charge is -2.04. The van der Waals surface area contributed by atoms with Crippen LogP contribution in [0.15, 0.2) is 36.5 Å². The van der Waals surface area contributed by atoms with Crippen molar-refractivity contribution in [3.05, 3.63) is 52.8 Å². The van der Waals surface area contributed by atoms with Crippen LogP contribution in [0.1, 0.15) is 16.3 Å². The van der Waals surface area contributed by atoms with E-state index in [2.05, 4.69) is 46.9 Å². The fourth-order valence-electron chi connectivity index (χ4n) is 2.12. The number of hydrogen-bond acceptors (Lipinski definition) is 3. The summed E-state index contributed by atoms with van der Waals surface area (Å²) >= 11 is 1.75. The minimum Gasteiger partial charge on any atom is -0.345 e. The molecule has 3 nitrogen and oxygen atoms in total. The van der Waals surface area contributed by atoms with Crippen molar-refractivity contribution in [1.82, 2.24) is 9.55 Å². The van der Waals surface area contributed by atoms with Crippen LogP contribution in [0.2, 0.25) is 0 Å². The maximum atomic E-state index is 5.69. The molecule has 0 atom stereocenters. The zero-order chi connectivity index (χ0) is 12.5. The van der Waals surface area contributed by atoms with Crippen molar-refractivity contribution in [1.29, 1.82) is 0 Å². The summed E-state index contributed by atoms with van der Waals surface area (Å²) in [6, 6.07) is 10.3. The third-order valence-corrected chi connectivity index (χ3v) is 4.24. The molecule has 18 heavy (non-hydrogen) atoms. The molecule has 0 saturated carbocycles. The van der Waals surface area contributed by atoms with E-state index < -0.39 is 0 Å². The smallest absolute Gasteiger partial charge is 0.114 e. The lowest BCUT2D eigenvalue weighted by Crippen LogP contribution is -2.03. The summed E-state index contributed by atoms with van der Waals surface area (Å²) in [6.45, 7) is 3.53. The van der Waals surface area contributed by atoms with Crippen molar-refractivity contribution in [2.24, 2.45) is 5.73 Å². The van der Waals surface area contributed by atoms with Crippen LogP contribution in [0, 0.1) is 6.92 Å². The fourth-order valence-corrected chi connectivity index (χ4v) is 3.08. The molecule has 0 spiro atoms. The molecule has 0 aliphatic heterocycles. The Kier molecular flexibility index (Phi) is 2.89. The van der Waals surface area contributed by atoms with Gasteiger partial charge in [-0.2, -0.15) is 0 Å². The number of para-hydroxylation sites is 1. The average molecular weight is 257 g/mol. The highest BCUT2D eigenvalue weighted by Gasteiger charge is 2.07. The SMILES string of the molecule is Cc1c(CN)ccn1Cc1nc2ccccc2s1. The van der Waals surface area contributed by atoms with Gasteiger partial charge in [0.15, 0.2) is 0 Å². The van der Waals surface area contributed by atoms with Crippen molar-refractivity contribution in [3.63, 3.8) is 0 Å². The Hall–Kier alpha value is -1.65. The Bertz CT molecular complexity index is 648. The van der Waals surface area contributed by atoms with E-state index in [0.29, 0.717) is 6.54 Å². The van der Waals surface area contributed by atoms with Crippen LogP contribution in [0.4, 0.5) is 0 Å². The van der Waals surface area contributed by atoms with E-state index >= 15 is 0 Å². The zero-order valence-corrected chi connectivity index (χ0v) is 11.1. The minimum atomic E-state index is 0.596. The third kappa shape index (κ3) is 1.94. The second-order valence-corrected chi connectivity index (χ2v) is 5.45. The first kappa shape index (κ1) is 11.4. The predicted molar refractivity (Wildman–Crippen MR) is 75.8 cm³/mol. The van der Waals surface area contributed by atoms with Crippen LogP contribution in [0.3, 0.4) is 0 Å². The van der Waals surface area contributed by atoms with E-state index in [1.165, 1.54) is 16.0 Å². The number of hydrogen-bond donors (Lipinski definition) is 1. The molecule has 92 valence electrons. The number of benzene rings is 1. The van der Waals surface area contributed by atoms with Gasteiger partial charge in [-0.15, -0.1) is 11.3 Å². The molecule has 0 radical (unpaired) electrons. The standard InChI is InChI=1S/C14H15N3S/c1-10-11(8-15)6-7-17(10)9-14-16-12-4-2-3-5-13(12)18-14/h2-7H,8-9,15H2,1H3. The Labute approximate surface area is 110 Å². The van der Waals surface area contributed by atoms with Crippen LogP contribution < -0.4 is 5.73 Å². The number of nitrogens with two attached hydrogens (primary N) is 1. The van der Waals surface area contributed by atoms with E-state index in [1.54, 1.807) is 11.3 Å². The monoisotopic (exact) mass is 257 g/mol. The molecule has 3 aromatic rings. The van der Waals surface area contributed by atoms with Gasteiger partial charge < -0.3 is 10.3 Å². The van der Waals surface area contributed by atoms with Crippen LogP contribution in [-0.4, -0.2) is 9.55 Å². The number of aromatic nitrogens is 2. The molecule has 0 bridgehead atoms. The Morgan fingerprint density at radius 1 is 1.28 bits per heavy atom. The molecule has 3 rings (SSSR count). The van der Waals surface area contributed by atoms with Crippen molar-refractivity contribution >= 4 is 21.6 Å². The lowest BCUT2D eigenvalue weighted by molar-refractivity contribution is 0.765. The topological polar surface area (TPSA) is 43.8 Å². The van der Waals surface area contributed by atoms with E-state index in [4.69, 9.17) is 5.73 Å². The summed E-state index contributed by atoms with van der Waals surface area (Å²) in [6.07, 6.45) is 2.09. The number of nitrogens with zero attached hydrogens (tertiary/aromatic N) is 2. The van der Waals surface area contributed by atoms with Gasteiger partial charge in [0.1, 0.15) is 5.01 Å². The lowest BCUT2D eigenvalue weighted by atomic mass is 10.2. The summed E-state index contributed by atoms with van der Waals surface area (Å²) in [5.41, 5.74) is 9.21. The summed E-state index contributed by atoms with van der Waals surface area (Å²) < 4.78 is 3.45. The van der Waals surface area contributed by atoms with Crippen molar-refractivity contribution in [2.75, 3.05) is 0 Å². The molecule has 4 heteroatoms. The van der Waals surface area contributed by atoms with Crippen molar-refractivity contribution in [2.45, 2.75) is 20.0 Å². The first-order valence-electron chi connectivity index (χ1n) is 5.97. The van der Waals surface area contributed by atoms with Gasteiger partial charge in [0, 0.05) is 18.4 Å². The van der Waals surface area contributed by atoms with Gasteiger partial charge in [0.05, 0.1) is 16.8 Å². The molecule has 0 amide bonds. The summed E-state index contributed by atoms with van der Waals surface area (Å²) in [4.78, 5) is 4.65. The highest BCUT2D eigenvalue weighted by atomic mass is 32.1. The van der Waals surface area contributed by atoms with E-state index in [-0.39, 0.29) is 0 Å². The zero-order valence-electron chi connectivity index (χ0n) is 10.3. The molecule has 0 saturated heterocycles. The number of fused-ring (bicyclic) bond motifs is 1. The first-order chi connectivity index (χ1) is 8.78. The summed E-state index contributed by atoms with van der Waals surface area (Å²) in [5.74, 6) is 0. The largest absolute Gasteiger partial charge is 0.345 e. The molecule has 0 aliphatic rings. The molecular formula is C14H15N3S. The maximum Gasteiger partial charge on any atom is 0.114 e. The van der Waals surface area contributed by atoms with E-state index in [1.807, 2.05) is 6.07 Å². The van der Waals surface area contributed by atoms with Gasteiger partial charge in [-0.05, 0) is 30.7 Å². The highest BCUT2D eigenvalue weighted by molar-refractivity contribution is 7.18. The van der Waals surface area contributed by atoms with Gasteiger partial charge >= 0.3 is 0 Å². The average Bonchev–Trinajstić information content (AvgIpc) is 2.94. The highest BCUT2D eigenvalue weighted by Crippen LogP contribution is 2.23. The number of rotatable bonds is 3. The Morgan fingerprint density at radius 3 is 2.83 bits per heavy atom. The van der Waals surface area contributed by atoms with Gasteiger partial charge in [0.25, 0.3) is 0 Å².